The Bertz CT molecular complexity index is 575. The van der Waals surface area contributed by atoms with E-state index in [-0.39, 0.29) is 5.78 Å². The molecule has 2 aromatic rings. The Morgan fingerprint density at radius 1 is 1.44 bits per heavy atom. The van der Waals surface area contributed by atoms with Crippen LogP contribution in [0.1, 0.15) is 29.3 Å². The number of hydrogen-bond donors (Lipinski definition) is 0. The normalized spacial score (nSPS) is 10.4. The third-order valence-corrected chi connectivity index (χ3v) is 3.49. The molecule has 0 N–H and O–H groups in total. The van der Waals surface area contributed by atoms with Crippen molar-refractivity contribution in [2.75, 3.05) is 6.61 Å². The molecule has 0 amide bonds. The zero-order chi connectivity index (χ0) is 13.1. The van der Waals surface area contributed by atoms with Gasteiger partial charge in [0.1, 0.15) is 11.4 Å². The molecule has 0 radical (unpaired) electrons. The van der Waals surface area contributed by atoms with E-state index in [9.17, 15) is 4.79 Å². The molecule has 1 aromatic carbocycles. The van der Waals surface area contributed by atoms with Crippen LogP contribution in [0, 0.1) is 6.92 Å². The topological polar surface area (TPSA) is 39.2 Å². The number of ether oxygens (including phenoxy) is 1. The summed E-state index contributed by atoms with van der Waals surface area (Å²) in [6.07, 6.45) is 0. The highest BCUT2D eigenvalue weighted by Gasteiger charge is 2.15. The summed E-state index contributed by atoms with van der Waals surface area (Å²) in [4.78, 5) is 16.8. The maximum Gasteiger partial charge on any atom is 0.179 e. The number of benzene rings is 1. The summed E-state index contributed by atoms with van der Waals surface area (Å²) in [6, 6.07) is 7.76. The zero-order valence-corrected chi connectivity index (χ0v) is 11.5. The average molecular weight is 261 g/mol. The lowest BCUT2D eigenvalue weighted by molar-refractivity contribution is 0.101. The van der Waals surface area contributed by atoms with E-state index in [4.69, 9.17) is 4.74 Å². The molecule has 94 valence electrons. The lowest BCUT2D eigenvalue weighted by Gasteiger charge is -2.05. The third-order valence-electron chi connectivity index (χ3n) is 2.47. The minimum absolute atomic E-state index is 0.00355. The molecular formula is C14H15NO2S. The Kier molecular flexibility index (Phi) is 3.77. The summed E-state index contributed by atoms with van der Waals surface area (Å²) in [5.74, 6) is 0.812. The quantitative estimate of drug-likeness (QED) is 0.787. The van der Waals surface area contributed by atoms with Crippen molar-refractivity contribution in [3.05, 3.63) is 35.0 Å². The number of aromatic nitrogens is 1. The second kappa shape index (κ2) is 5.31. The fourth-order valence-electron chi connectivity index (χ4n) is 1.76. The first-order valence-corrected chi connectivity index (χ1v) is 6.65. The molecule has 0 aliphatic heterocycles. The summed E-state index contributed by atoms with van der Waals surface area (Å²) in [5, 5.41) is 0.900. The van der Waals surface area contributed by atoms with Gasteiger partial charge in [-0.3, -0.25) is 4.79 Å². The van der Waals surface area contributed by atoms with Crippen LogP contribution in [-0.2, 0) is 0 Å². The molecule has 0 unspecified atom stereocenters. The van der Waals surface area contributed by atoms with Crippen molar-refractivity contribution in [1.29, 1.82) is 0 Å². The van der Waals surface area contributed by atoms with E-state index < -0.39 is 0 Å². The number of rotatable bonds is 4. The highest BCUT2D eigenvalue weighted by atomic mass is 32.1. The highest BCUT2D eigenvalue weighted by Crippen LogP contribution is 2.32. The van der Waals surface area contributed by atoms with Crippen LogP contribution in [0.3, 0.4) is 0 Å². The second-order valence-corrected chi connectivity index (χ2v) is 5.13. The van der Waals surface area contributed by atoms with Crippen molar-refractivity contribution in [1.82, 2.24) is 4.98 Å². The first kappa shape index (κ1) is 12.8. The van der Waals surface area contributed by atoms with Crippen molar-refractivity contribution >= 4 is 17.1 Å². The number of ketones is 1. The minimum atomic E-state index is -0.00355. The summed E-state index contributed by atoms with van der Waals surface area (Å²) in [5.41, 5.74) is 1.53. The fraction of sp³-hybridized carbons (Fsp3) is 0.286. The average Bonchev–Trinajstić information content (AvgIpc) is 2.72. The molecule has 3 nitrogen and oxygen atoms in total. The Morgan fingerprint density at radius 2 is 2.22 bits per heavy atom. The van der Waals surface area contributed by atoms with Crippen LogP contribution in [0.5, 0.6) is 5.75 Å². The van der Waals surface area contributed by atoms with Crippen LogP contribution in [0.2, 0.25) is 0 Å². The van der Waals surface area contributed by atoms with Gasteiger partial charge < -0.3 is 4.74 Å². The molecule has 0 spiro atoms. The standard InChI is InChI=1S/C14H15NO2S/c1-4-17-12-7-5-6-11(8-12)14-13(9(2)16)15-10(3)18-14/h5-8H,4H2,1-3H3. The van der Waals surface area contributed by atoms with Crippen molar-refractivity contribution in [3.63, 3.8) is 0 Å². The molecule has 0 aliphatic rings. The number of nitrogens with zero attached hydrogens (tertiary/aromatic N) is 1. The molecule has 0 aliphatic carbocycles. The molecule has 2 rings (SSSR count). The minimum Gasteiger partial charge on any atom is -0.494 e. The summed E-state index contributed by atoms with van der Waals surface area (Å²) < 4.78 is 5.47. The number of Topliss-reactive ketones (excluding diaryl/α,β-unsaturated/α-hetero) is 1. The monoisotopic (exact) mass is 261 g/mol. The van der Waals surface area contributed by atoms with Crippen LogP contribution in [-0.4, -0.2) is 17.4 Å². The highest BCUT2D eigenvalue weighted by molar-refractivity contribution is 7.15. The van der Waals surface area contributed by atoms with E-state index >= 15 is 0 Å². The first-order chi connectivity index (χ1) is 8.61. The van der Waals surface area contributed by atoms with Crippen molar-refractivity contribution in [2.24, 2.45) is 0 Å². The van der Waals surface area contributed by atoms with Crippen LogP contribution >= 0.6 is 11.3 Å². The number of aryl methyl sites for hydroxylation is 1. The van der Waals surface area contributed by atoms with Crippen LogP contribution in [0.15, 0.2) is 24.3 Å². The van der Waals surface area contributed by atoms with Crippen molar-refractivity contribution in [3.8, 4) is 16.2 Å². The van der Waals surface area contributed by atoms with Crippen LogP contribution < -0.4 is 4.74 Å². The SMILES string of the molecule is CCOc1cccc(-c2sc(C)nc2C(C)=O)c1. The van der Waals surface area contributed by atoms with Gasteiger partial charge in [0.2, 0.25) is 0 Å². The van der Waals surface area contributed by atoms with Gasteiger partial charge in [0, 0.05) is 6.92 Å². The largest absolute Gasteiger partial charge is 0.494 e. The van der Waals surface area contributed by atoms with Crippen LogP contribution in [0.4, 0.5) is 0 Å². The van der Waals surface area contributed by atoms with Gasteiger partial charge in [-0.15, -0.1) is 11.3 Å². The molecule has 1 heterocycles. The van der Waals surface area contributed by atoms with E-state index in [0.717, 1.165) is 21.2 Å². The summed E-state index contributed by atoms with van der Waals surface area (Å²) >= 11 is 1.54. The first-order valence-electron chi connectivity index (χ1n) is 5.83. The van der Waals surface area contributed by atoms with Gasteiger partial charge >= 0.3 is 0 Å². The summed E-state index contributed by atoms with van der Waals surface area (Å²) in [7, 11) is 0. The fourth-order valence-corrected chi connectivity index (χ4v) is 2.72. The van der Waals surface area contributed by atoms with Gasteiger partial charge in [0.25, 0.3) is 0 Å². The number of hydrogen-bond acceptors (Lipinski definition) is 4. The molecule has 4 heteroatoms. The lowest BCUT2D eigenvalue weighted by Crippen LogP contribution is -1.95. The Hall–Kier alpha value is -1.68. The predicted octanol–water partition coefficient (Wildman–Crippen LogP) is 3.72. The Balaban J connectivity index is 2.47. The maximum atomic E-state index is 11.6. The Morgan fingerprint density at radius 3 is 2.89 bits per heavy atom. The third kappa shape index (κ3) is 2.59. The lowest BCUT2D eigenvalue weighted by atomic mass is 10.1. The van der Waals surface area contributed by atoms with E-state index in [1.54, 1.807) is 6.92 Å². The Labute approximate surface area is 110 Å². The molecule has 0 saturated heterocycles. The van der Waals surface area contributed by atoms with Gasteiger partial charge in [-0.25, -0.2) is 4.98 Å². The molecule has 0 bridgehead atoms. The van der Waals surface area contributed by atoms with Crippen molar-refractivity contribution in [2.45, 2.75) is 20.8 Å². The number of carbonyl (C=O) groups excluding carboxylic acids is 1. The molecule has 0 saturated carbocycles. The zero-order valence-electron chi connectivity index (χ0n) is 10.7. The van der Waals surface area contributed by atoms with Gasteiger partial charge in [0.15, 0.2) is 5.78 Å². The van der Waals surface area contributed by atoms with E-state index in [0.29, 0.717) is 12.3 Å². The molecule has 1 aromatic heterocycles. The van der Waals surface area contributed by atoms with E-state index in [1.165, 1.54) is 11.3 Å². The molecular weight excluding hydrogens is 246 g/mol. The van der Waals surface area contributed by atoms with Gasteiger partial charge in [-0.1, -0.05) is 12.1 Å². The smallest absolute Gasteiger partial charge is 0.179 e. The molecule has 18 heavy (non-hydrogen) atoms. The van der Waals surface area contributed by atoms with Gasteiger partial charge in [-0.05, 0) is 31.5 Å². The second-order valence-electron chi connectivity index (χ2n) is 3.93. The van der Waals surface area contributed by atoms with Gasteiger partial charge in [-0.2, -0.15) is 0 Å². The van der Waals surface area contributed by atoms with Crippen LogP contribution in [0.25, 0.3) is 10.4 Å². The molecule has 0 atom stereocenters. The summed E-state index contributed by atoms with van der Waals surface area (Å²) in [6.45, 7) is 6.03. The number of thiazole rings is 1. The van der Waals surface area contributed by atoms with E-state index in [1.807, 2.05) is 38.1 Å². The molecule has 0 fully saturated rings. The predicted molar refractivity (Wildman–Crippen MR) is 73.5 cm³/mol. The van der Waals surface area contributed by atoms with Crippen molar-refractivity contribution < 1.29 is 9.53 Å². The number of carbonyl (C=O) groups is 1. The van der Waals surface area contributed by atoms with Gasteiger partial charge in [0.05, 0.1) is 16.5 Å². The van der Waals surface area contributed by atoms with E-state index in [2.05, 4.69) is 4.98 Å². The maximum absolute atomic E-state index is 11.6.